The van der Waals surface area contributed by atoms with Crippen LogP contribution in [0.3, 0.4) is 0 Å². The zero-order valence-corrected chi connectivity index (χ0v) is 15.3. The van der Waals surface area contributed by atoms with Gasteiger partial charge in [0.2, 0.25) is 0 Å². The zero-order valence-electron chi connectivity index (χ0n) is 15.3. The number of hydrogen-bond acceptors (Lipinski definition) is 3. The van der Waals surface area contributed by atoms with Crippen LogP contribution in [0, 0.1) is 12.8 Å². The molecule has 0 N–H and O–H groups in total. The summed E-state index contributed by atoms with van der Waals surface area (Å²) >= 11 is 0. The van der Waals surface area contributed by atoms with E-state index in [4.69, 9.17) is 4.74 Å². The molecule has 0 amide bonds. The van der Waals surface area contributed by atoms with E-state index in [2.05, 4.69) is 48.6 Å². The SMILES string of the molecule is COC(=O)CCn1cc(C2CCC(Cc3ccccc3)CC2)c(C)n1. The minimum absolute atomic E-state index is 0.184. The first-order valence-electron chi connectivity index (χ1n) is 9.30. The van der Waals surface area contributed by atoms with E-state index in [0.29, 0.717) is 18.9 Å². The van der Waals surface area contributed by atoms with Gasteiger partial charge in [-0.1, -0.05) is 30.3 Å². The molecule has 0 aliphatic heterocycles. The molecule has 4 nitrogen and oxygen atoms in total. The predicted molar refractivity (Wildman–Crippen MR) is 98.4 cm³/mol. The number of esters is 1. The number of benzene rings is 1. The molecule has 1 aromatic carbocycles. The van der Waals surface area contributed by atoms with E-state index in [1.165, 1.54) is 50.3 Å². The van der Waals surface area contributed by atoms with Crippen molar-refractivity contribution < 1.29 is 9.53 Å². The van der Waals surface area contributed by atoms with Crippen LogP contribution in [-0.4, -0.2) is 22.9 Å². The standard InChI is InChI=1S/C21H28N2O2/c1-16-20(15-23(22-16)13-12-21(24)25-2)19-10-8-18(9-11-19)14-17-6-4-3-5-7-17/h3-7,15,18-19H,8-14H2,1-2H3. The summed E-state index contributed by atoms with van der Waals surface area (Å²) in [6.45, 7) is 2.68. The van der Waals surface area contributed by atoms with Gasteiger partial charge in [0.05, 0.1) is 25.8 Å². The fourth-order valence-electron chi connectivity index (χ4n) is 3.98. The van der Waals surface area contributed by atoms with Crippen molar-refractivity contribution in [2.24, 2.45) is 5.92 Å². The second-order valence-electron chi connectivity index (χ2n) is 7.17. The van der Waals surface area contributed by atoms with Crippen LogP contribution in [0.1, 0.15) is 54.8 Å². The molecular weight excluding hydrogens is 312 g/mol. The topological polar surface area (TPSA) is 44.1 Å². The molecule has 2 aromatic rings. The van der Waals surface area contributed by atoms with Crippen LogP contribution in [0.25, 0.3) is 0 Å². The average Bonchev–Trinajstić information content (AvgIpc) is 3.02. The van der Waals surface area contributed by atoms with Gasteiger partial charge >= 0.3 is 5.97 Å². The molecule has 0 spiro atoms. The van der Waals surface area contributed by atoms with Crippen LogP contribution in [0.5, 0.6) is 0 Å². The molecule has 3 rings (SSSR count). The number of ether oxygens (including phenoxy) is 1. The Morgan fingerprint density at radius 1 is 1.20 bits per heavy atom. The summed E-state index contributed by atoms with van der Waals surface area (Å²) in [4.78, 5) is 11.3. The molecule has 4 heteroatoms. The summed E-state index contributed by atoms with van der Waals surface area (Å²) in [5, 5.41) is 4.59. The lowest BCUT2D eigenvalue weighted by molar-refractivity contribution is -0.140. The Hall–Kier alpha value is -2.10. The normalized spacial score (nSPS) is 20.4. The lowest BCUT2D eigenvalue weighted by Crippen LogP contribution is -2.15. The molecule has 25 heavy (non-hydrogen) atoms. The van der Waals surface area contributed by atoms with Crippen LogP contribution in [0.15, 0.2) is 36.5 Å². The van der Waals surface area contributed by atoms with E-state index >= 15 is 0 Å². The number of methoxy groups -OCH3 is 1. The summed E-state index contributed by atoms with van der Waals surface area (Å²) in [6, 6.07) is 10.8. The van der Waals surface area contributed by atoms with Crippen LogP contribution in [-0.2, 0) is 22.5 Å². The third-order valence-corrected chi connectivity index (χ3v) is 5.41. The molecule has 1 aromatic heterocycles. The molecule has 0 saturated heterocycles. The van der Waals surface area contributed by atoms with Gasteiger partial charge in [-0.2, -0.15) is 5.10 Å². The van der Waals surface area contributed by atoms with Gasteiger partial charge < -0.3 is 4.74 Å². The highest BCUT2D eigenvalue weighted by Gasteiger charge is 2.25. The molecule has 1 aliphatic carbocycles. The third-order valence-electron chi connectivity index (χ3n) is 5.41. The second kappa shape index (κ2) is 8.32. The number of nitrogens with zero attached hydrogens (tertiary/aromatic N) is 2. The van der Waals surface area contributed by atoms with Crippen molar-refractivity contribution in [1.82, 2.24) is 9.78 Å². The molecule has 0 radical (unpaired) electrons. The Morgan fingerprint density at radius 2 is 1.92 bits per heavy atom. The van der Waals surface area contributed by atoms with Gasteiger partial charge in [-0.25, -0.2) is 0 Å². The van der Waals surface area contributed by atoms with Crippen molar-refractivity contribution in [3.8, 4) is 0 Å². The van der Waals surface area contributed by atoms with Crippen molar-refractivity contribution in [2.75, 3.05) is 7.11 Å². The van der Waals surface area contributed by atoms with Gasteiger partial charge in [0.25, 0.3) is 0 Å². The monoisotopic (exact) mass is 340 g/mol. The van der Waals surface area contributed by atoms with E-state index in [-0.39, 0.29) is 5.97 Å². The number of hydrogen-bond donors (Lipinski definition) is 0. The lowest BCUT2D eigenvalue weighted by Gasteiger charge is -2.28. The third kappa shape index (κ3) is 4.71. The molecule has 134 valence electrons. The highest BCUT2D eigenvalue weighted by Crippen LogP contribution is 2.38. The maximum Gasteiger partial charge on any atom is 0.307 e. The molecule has 1 heterocycles. The van der Waals surface area contributed by atoms with Crippen molar-refractivity contribution in [1.29, 1.82) is 0 Å². The maximum atomic E-state index is 11.3. The average molecular weight is 340 g/mol. The summed E-state index contributed by atoms with van der Waals surface area (Å²) in [6.07, 6.45) is 8.76. The number of aryl methyl sites for hydroxylation is 2. The van der Waals surface area contributed by atoms with E-state index in [1.54, 1.807) is 0 Å². The van der Waals surface area contributed by atoms with E-state index in [1.807, 2.05) is 4.68 Å². The van der Waals surface area contributed by atoms with E-state index in [0.717, 1.165) is 11.6 Å². The second-order valence-corrected chi connectivity index (χ2v) is 7.17. The smallest absolute Gasteiger partial charge is 0.307 e. The van der Waals surface area contributed by atoms with Crippen molar-refractivity contribution in [3.05, 3.63) is 53.3 Å². The van der Waals surface area contributed by atoms with Gasteiger partial charge in [0.15, 0.2) is 0 Å². The van der Waals surface area contributed by atoms with E-state index < -0.39 is 0 Å². The molecule has 1 fully saturated rings. The van der Waals surface area contributed by atoms with Crippen LogP contribution in [0.2, 0.25) is 0 Å². The number of carbonyl (C=O) groups is 1. The highest BCUT2D eigenvalue weighted by atomic mass is 16.5. The number of aromatic nitrogens is 2. The largest absolute Gasteiger partial charge is 0.469 e. The molecule has 0 atom stereocenters. The Kier molecular flexibility index (Phi) is 5.90. The minimum Gasteiger partial charge on any atom is -0.469 e. The van der Waals surface area contributed by atoms with Crippen LogP contribution in [0.4, 0.5) is 0 Å². The molecule has 1 saturated carbocycles. The van der Waals surface area contributed by atoms with Crippen LogP contribution < -0.4 is 0 Å². The Morgan fingerprint density at radius 3 is 2.60 bits per heavy atom. The fourth-order valence-corrected chi connectivity index (χ4v) is 3.98. The Bertz CT molecular complexity index is 685. The summed E-state index contributed by atoms with van der Waals surface area (Å²) in [5.41, 5.74) is 3.93. The molecule has 0 bridgehead atoms. The van der Waals surface area contributed by atoms with Crippen LogP contribution >= 0.6 is 0 Å². The molecular formula is C21H28N2O2. The van der Waals surface area contributed by atoms with Gasteiger partial charge in [-0.05, 0) is 62.0 Å². The fraction of sp³-hybridized carbons (Fsp3) is 0.524. The van der Waals surface area contributed by atoms with Gasteiger partial charge in [0.1, 0.15) is 0 Å². The van der Waals surface area contributed by atoms with Crippen molar-refractivity contribution in [2.45, 2.75) is 57.9 Å². The Balaban J connectivity index is 1.54. The minimum atomic E-state index is -0.184. The first-order valence-corrected chi connectivity index (χ1v) is 9.30. The number of carbonyl (C=O) groups excluding carboxylic acids is 1. The summed E-state index contributed by atoms with van der Waals surface area (Å²) in [7, 11) is 1.43. The molecule has 0 unspecified atom stereocenters. The van der Waals surface area contributed by atoms with E-state index in [9.17, 15) is 4.79 Å². The van der Waals surface area contributed by atoms with Crippen molar-refractivity contribution in [3.63, 3.8) is 0 Å². The summed E-state index contributed by atoms with van der Waals surface area (Å²) < 4.78 is 6.61. The Labute approximate surface area is 150 Å². The summed E-state index contributed by atoms with van der Waals surface area (Å²) in [5.74, 6) is 1.23. The van der Waals surface area contributed by atoms with Crippen molar-refractivity contribution >= 4 is 5.97 Å². The number of rotatable bonds is 6. The maximum absolute atomic E-state index is 11.3. The predicted octanol–water partition coefficient (Wildman–Crippen LogP) is 4.27. The highest BCUT2D eigenvalue weighted by molar-refractivity contribution is 5.68. The van der Waals surface area contributed by atoms with Gasteiger partial charge in [-0.3, -0.25) is 9.48 Å². The van der Waals surface area contributed by atoms with Gasteiger partial charge in [-0.15, -0.1) is 0 Å². The quantitative estimate of drug-likeness (QED) is 0.738. The van der Waals surface area contributed by atoms with Gasteiger partial charge in [0, 0.05) is 6.20 Å². The lowest BCUT2D eigenvalue weighted by atomic mass is 9.77. The molecule has 1 aliphatic rings. The zero-order chi connectivity index (χ0) is 17.6. The first-order chi connectivity index (χ1) is 12.2. The first kappa shape index (κ1) is 17.7.